The molecule has 0 radical (unpaired) electrons. The normalized spacial score (nSPS) is 17.0. The third kappa shape index (κ3) is 2.98. The SMILES string of the molecule is COc1c(CCl)c2c(c(CCl)c1OC)C(CC(N)=O)NCC2. The number of carbonyl (C=O) groups excluding carboxylic acids is 1. The van der Waals surface area contributed by atoms with Crippen molar-refractivity contribution in [1.29, 1.82) is 0 Å². The molecular weight excluding hydrogens is 327 g/mol. The minimum Gasteiger partial charge on any atom is -0.493 e. The van der Waals surface area contributed by atoms with Gasteiger partial charge in [-0.15, -0.1) is 23.2 Å². The lowest BCUT2D eigenvalue weighted by atomic mass is 9.84. The molecule has 1 amide bonds. The molecule has 3 N–H and O–H groups in total. The number of nitrogens with one attached hydrogen (secondary N) is 1. The number of halogens is 2. The fourth-order valence-electron chi connectivity index (χ4n) is 3.14. The van der Waals surface area contributed by atoms with Crippen LogP contribution in [-0.2, 0) is 23.0 Å². The van der Waals surface area contributed by atoms with Gasteiger partial charge in [-0.1, -0.05) is 0 Å². The van der Waals surface area contributed by atoms with Gasteiger partial charge in [0.05, 0.1) is 26.0 Å². The first kappa shape index (κ1) is 17.2. The van der Waals surface area contributed by atoms with Gasteiger partial charge in [0.2, 0.25) is 5.91 Å². The van der Waals surface area contributed by atoms with Crippen molar-refractivity contribution in [3.05, 3.63) is 22.3 Å². The number of alkyl halides is 2. The van der Waals surface area contributed by atoms with Crippen LogP contribution in [-0.4, -0.2) is 26.7 Å². The van der Waals surface area contributed by atoms with Crippen molar-refractivity contribution >= 4 is 29.1 Å². The molecule has 0 saturated carbocycles. The summed E-state index contributed by atoms with van der Waals surface area (Å²) in [6.07, 6.45) is 0.991. The minimum atomic E-state index is -0.368. The molecule has 1 atom stereocenters. The zero-order valence-electron chi connectivity index (χ0n) is 12.7. The summed E-state index contributed by atoms with van der Waals surface area (Å²) < 4.78 is 11.0. The molecule has 7 heteroatoms. The molecule has 22 heavy (non-hydrogen) atoms. The Morgan fingerprint density at radius 1 is 1.23 bits per heavy atom. The van der Waals surface area contributed by atoms with Crippen LogP contribution in [0.15, 0.2) is 0 Å². The first-order valence-corrected chi connectivity index (χ1v) is 8.07. The maximum absolute atomic E-state index is 11.4. The highest BCUT2D eigenvalue weighted by molar-refractivity contribution is 6.18. The predicted octanol–water partition coefficient (Wildman–Crippen LogP) is 2.24. The van der Waals surface area contributed by atoms with E-state index in [1.807, 2.05) is 0 Å². The fraction of sp³-hybridized carbons (Fsp3) is 0.533. The highest BCUT2D eigenvalue weighted by Crippen LogP contribution is 2.45. The standard InChI is InChI=1S/C15H20Cl2N2O3/c1-21-14-9(6-16)8-3-4-19-11(5-12(18)20)13(8)10(7-17)15(14)22-2/h11,19H,3-7H2,1-2H3,(H2,18,20). The Bertz CT molecular complexity index is 553. The van der Waals surface area contributed by atoms with Crippen molar-refractivity contribution in [2.45, 2.75) is 30.6 Å². The van der Waals surface area contributed by atoms with E-state index in [0.717, 1.165) is 35.2 Å². The van der Waals surface area contributed by atoms with Gasteiger partial charge in [-0.2, -0.15) is 0 Å². The number of hydrogen-bond acceptors (Lipinski definition) is 4. The van der Waals surface area contributed by atoms with Crippen molar-refractivity contribution < 1.29 is 14.3 Å². The van der Waals surface area contributed by atoms with E-state index in [2.05, 4.69) is 5.32 Å². The molecule has 1 aromatic rings. The molecule has 1 unspecified atom stereocenters. The molecule has 0 bridgehead atoms. The molecule has 1 aromatic carbocycles. The lowest BCUT2D eigenvalue weighted by Crippen LogP contribution is -2.34. The third-order valence-corrected chi connectivity index (χ3v) is 4.50. The molecule has 122 valence electrons. The minimum absolute atomic E-state index is 0.184. The topological polar surface area (TPSA) is 73.6 Å². The summed E-state index contributed by atoms with van der Waals surface area (Å²) in [7, 11) is 3.15. The molecular formula is C15H20Cl2N2O3. The van der Waals surface area contributed by atoms with Gasteiger partial charge >= 0.3 is 0 Å². The van der Waals surface area contributed by atoms with E-state index in [9.17, 15) is 4.79 Å². The Kier molecular flexibility index (Phi) is 5.78. The lowest BCUT2D eigenvalue weighted by molar-refractivity contribution is -0.118. The van der Waals surface area contributed by atoms with E-state index >= 15 is 0 Å². The number of amides is 1. The number of methoxy groups -OCH3 is 2. The highest BCUT2D eigenvalue weighted by atomic mass is 35.5. The maximum Gasteiger partial charge on any atom is 0.219 e. The summed E-state index contributed by atoms with van der Waals surface area (Å²) in [5, 5.41) is 3.32. The van der Waals surface area contributed by atoms with Crippen LogP contribution in [0.25, 0.3) is 0 Å². The van der Waals surface area contributed by atoms with Crippen LogP contribution in [0.2, 0.25) is 0 Å². The monoisotopic (exact) mass is 346 g/mol. The van der Waals surface area contributed by atoms with Crippen molar-refractivity contribution in [3.8, 4) is 11.5 Å². The van der Waals surface area contributed by atoms with Crippen LogP contribution in [0.1, 0.15) is 34.7 Å². The summed E-state index contributed by atoms with van der Waals surface area (Å²) in [5.41, 5.74) is 9.13. The molecule has 0 saturated heterocycles. The molecule has 0 aromatic heterocycles. The van der Waals surface area contributed by atoms with Crippen molar-refractivity contribution in [3.63, 3.8) is 0 Å². The van der Waals surface area contributed by atoms with Gasteiger partial charge in [0.1, 0.15) is 0 Å². The summed E-state index contributed by atoms with van der Waals surface area (Å²) in [6, 6.07) is -0.184. The van der Waals surface area contributed by atoms with Gasteiger partial charge < -0.3 is 20.5 Å². The smallest absolute Gasteiger partial charge is 0.219 e. The highest BCUT2D eigenvalue weighted by Gasteiger charge is 2.31. The van der Waals surface area contributed by atoms with Crippen LogP contribution in [0.4, 0.5) is 0 Å². The Morgan fingerprint density at radius 3 is 2.32 bits per heavy atom. The summed E-state index contributed by atoms with van der Waals surface area (Å²) in [6.45, 7) is 0.742. The van der Waals surface area contributed by atoms with Crippen molar-refractivity contribution in [2.75, 3.05) is 20.8 Å². The third-order valence-electron chi connectivity index (χ3n) is 3.96. The Balaban J connectivity index is 2.73. The van der Waals surface area contributed by atoms with Crippen LogP contribution in [0.3, 0.4) is 0 Å². The molecule has 5 nitrogen and oxygen atoms in total. The van der Waals surface area contributed by atoms with Gasteiger partial charge in [0.25, 0.3) is 0 Å². The molecule has 0 fully saturated rings. The largest absolute Gasteiger partial charge is 0.493 e. The molecule has 0 spiro atoms. The number of rotatable bonds is 6. The summed E-state index contributed by atoms with van der Waals surface area (Å²) >= 11 is 12.3. The number of ether oxygens (including phenoxy) is 2. The second-order valence-electron chi connectivity index (χ2n) is 5.11. The Morgan fingerprint density at radius 2 is 1.82 bits per heavy atom. The van der Waals surface area contributed by atoms with Gasteiger partial charge in [-0.3, -0.25) is 4.79 Å². The van der Waals surface area contributed by atoms with Gasteiger partial charge in [-0.05, 0) is 24.1 Å². The van der Waals surface area contributed by atoms with Crippen molar-refractivity contribution in [1.82, 2.24) is 5.32 Å². The summed E-state index contributed by atoms with van der Waals surface area (Å²) in [5.74, 6) is 1.37. The zero-order valence-corrected chi connectivity index (χ0v) is 14.2. The average Bonchev–Trinajstić information content (AvgIpc) is 2.51. The predicted molar refractivity (Wildman–Crippen MR) is 86.9 cm³/mol. The van der Waals surface area contributed by atoms with Gasteiger partial charge in [0, 0.05) is 23.6 Å². The van der Waals surface area contributed by atoms with Crippen LogP contribution in [0, 0.1) is 0 Å². The lowest BCUT2D eigenvalue weighted by Gasteiger charge is -2.32. The second kappa shape index (κ2) is 7.40. The van der Waals surface area contributed by atoms with Gasteiger partial charge in [0.15, 0.2) is 11.5 Å². The second-order valence-corrected chi connectivity index (χ2v) is 5.64. The first-order valence-electron chi connectivity index (χ1n) is 7.01. The van der Waals surface area contributed by atoms with Crippen molar-refractivity contribution in [2.24, 2.45) is 5.73 Å². The quantitative estimate of drug-likeness (QED) is 0.774. The van der Waals surface area contributed by atoms with E-state index in [4.69, 9.17) is 38.4 Å². The molecule has 1 heterocycles. The van der Waals surface area contributed by atoms with E-state index < -0.39 is 0 Å². The maximum atomic E-state index is 11.4. The number of carbonyl (C=O) groups is 1. The first-order chi connectivity index (χ1) is 10.6. The van der Waals surface area contributed by atoms with E-state index in [1.54, 1.807) is 14.2 Å². The van der Waals surface area contributed by atoms with E-state index in [-0.39, 0.29) is 24.2 Å². The number of primary amides is 1. The van der Waals surface area contributed by atoms with Crippen LogP contribution < -0.4 is 20.5 Å². The molecule has 1 aliphatic heterocycles. The number of fused-ring (bicyclic) bond motifs is 1. The molecule has 2 rings (SSSR count). The molecule has 1 aliphatic rings. The number of benzene rings is 1. The van der Waals surface area contributed by atoms with Crippen LogP contribution in [0.5, 0.6) is 11.5 Å². The zero-order chi connectivity index (χ0) is 16.3. The number of nitrogens with two attached hydrogens (primary N) is 1. The summed E-state index contributed by atoms with van der Waals surface area (Å²) in [4.78, 5) is 11.4. The van der Waals surface area contributed by atoms with E-state index in [0.29, 0.717) is 17.4 Å². The molecule has 0 aliphatic carbocycles. The Labute approximate surface area is 140 Å². The average molecular weight is 347 g/mol. The van der Waals surface area contributed by atoms with Gasteiger partial charge in [-0.25, -0.2) is 0 Å². The van der Waals surface area contributed by atoms with Crippen LogP contribution >= 0.6 is 23.2 Å². The van der Waals surface area contributed by atoms with E-state index in [1.165, 1.54) is 0 Å². The number of hydrogen-bond donors (Lipinski definition) is 2. The fourth-order valence-corrected chi connectivity index (χ4v) is 3.69. The Hall–Kier alpha value is -1.17.